The highest BCUT2D eigenvalue weighted by atomic mass is 16.6. The highest BCUT2D eigenvalue weighted by Gasteiger charge is 2.18. The van der Waals surface area contributed by atoms with Crippen LogP contribution in [0.25, 0.3) is 16.9 Å². The Hall–Kier alpha value is -2.89. The predicted molar refractivity (Wildman–Crippen MR) is 104 cm³/mol. The molecule has 0 fully saturated rings. The van der Waals surface area contributed by atoms with Gasteiger partial charge in [0, 0.05) is 17.2 Å². The molecule has 138 valence electrons. The molecule has 1 amide bonds. The van der Waals surface area contributed by atoms with Gasteiger partial charge in [-0.1, -0.05) is 44.2 Å². The molecule has 0 spiro atoms. The maximum Gasteiger partial charge on any atom is 0.413 e. The topological polar surface area (TPSA) is 68.5 Å². The number of aryl methyl sites for hydroxylation is 1. The summed E-state index contributed by atoms with van der Waals surface area (Å²) in [6.07, 6.45) is 1.19. The molecule has 3 rings (SSSR count). The second-order valence-electron chi connectivity index (χ2n) is 6.58. The number of ether oxygens (including phenoxy) is 1. The van der Waals surface area contributed by atoms with Crippen LogP contribution in [-0.2, 0) is 4.74 Å². The number of carbonyl (C=O) groups excluding carboxylic acids is 1. The Morgan fingerprint density at radius 3 is 2.42 bits per heavy atom. The Kier molecular flexibility index (Phi) is 5.97. The molecule has 1 N–H and O–H groups in total. The van der Waals surface area contributed by atoms with E-state index in [-0.39, 0.29) is 0 Å². The van der Waals surface area contributed by atoms with E-state index in [0.717, 1.165) is 16.8 Å². The minimum atomic E-state index is -0.571. The predicted octanol–water partition coefficient (Wildman–Crippen LogP) is 5.08. The number of fused-ring (bicyclic) bond motifs is 1. The minimum absolute atomic E-state index is 0.515. The zero-order chi connectivity index (χ0) is 19.3. The number of hydrogen-bond acceptors (Lipinski definition) is 4. The molecule has 2 aromatic heterocycles. The highest BCUT2D eigenvalue weighted by molar-refractivity contribution is 5.85. The van der Waals surface area contributed by atoms with Gasteiger partial charge in [-0.3, -0.25) is 5.32 Å². The van der Waals surface area contributed by atoms with Crippen LogP contribution in [0.4, 0.5) is 10.6 Å². The van der Waals surface area contributed by atoms with E-state index >= 15 is 0 Å². The molecule has 0 aliphatic rings. The number of aromatic nitrogens is 3. The largest absolute Gasteiger partial charge is 0.444 e. The van der Waals surface area contributed by atoms with Crippen molar-refractivity contribution in [2.45, 2.75) is 47.1 Å². The van der Waals surface area contributed by atoms with Crippen molar-refractivity contribution in [3.63, 3.8) is 0 Å². The smallest absolute Gasteiger partial charge is 0.413 e. The molecule has 0 saturated heterocycles. The molecular weight excluding hydrogens is 328 g/mol. The summed E-state index contributed by atoms with van der Waals surface area (Å²) in [5.74, 6) is 0.515. The maximum absolute atomic E-state index is 12.1. The summed E-state index contributed by atoms with van der Waals surface area (Å²) in [4.78, 5) is 16.8. The third kappa shape index (κ3) is 4.59. The summed E-state index contributed by atoms with van der Waals surface area (Å²) < 4.78 is 6.93. The molecule has 0 saturated carbocycles. The van der Waals surface area contributed by atoms with Gasteiger partial charge in [-0.2, -0.15) is 9.61 Å². The van der Waals surface area contributed by atoms with Gasteiger partial charge < -0.3 is 4.74 Å². The van der Waals surface area contributed by atoms with E-state index in [4.69, 9.17) is 4.74 Å². The lowest BCUT2D eigenvalue weighted by Crippen LogP contribution is -2.28. The van der Waals surface area contributed by atoms with Gasteiger partial charge in [-0.25, -0.2) is 9.78 Å². The quantitative estimate of drug-likeness (QED) is 0.697. The molecule has 6 heteroatoms. The SMILES string of the molecule is CC.Cc1cnn2c(NC(=O)OC(C)(C)C)cc(-c3ccccc3)nc12. The average molecular weight is 354 g/mol. The first kappa shape index (κ1) is 19.4. The molecule has 1 aromatic carbocycles. The van der Waals surface area contributed by atoms with Crippen LogP contribution >= 0.6 is 0 Å². The van der Waals surface area contributed by atoms with Crippen molar-refractivity contribution in [2.24, 2.45) is 0 Å². The molecule has 0 radical (unpaired) electrons. The Morgan fingerprint density at radius 2 is 1.81 bits per heavy atom. The Morgan fingerprint density at radius 1 is 1.15 bits per heavy atom. The van der Waals surface area contributed by atoms with Crippen LogP contribution in [-0.4, -0.2) is 26.3 Å². The Bertz CT molecular complexity index is 880. The number of carbonyl (C=O) groups is 1. The Balaban J connectivity index is 0.00000117. The molecule has 0 unspecified atom stereocenters. The van der Waals surface area contributed by atoms with Crippen molar-refractivity contribution in [3.05, 3.63) is 48.2 Å². The molecule has 0 aliphatic carbocycles. The van der Waals surface area contributed by atoms with Crippen molar-refractivity contribution in [2.75, 3.05) is 5.32 Å². The molecular formula is C20H26N4O2. The fourth-order valence-corrected chi connectivity index (χ4v) is 2.33. The molecule has 0 aliphatic heterocycles. The van der Waals surface area contributed by atoms with Gasteiger partial charge in [0.1, 0.15) is 11.4 Å². The summed E-state index contributed by atoms with van der Waals surface area (Å²) in [7, 11) is 0. The van der Waals surface area contributed by atoms with E-state index in [0.29, 0.717) is 11.5 Å². The van der Waals surface area contributed by atoms with Crippen LogP contribution < -0.4 is 5.32 Å². The van der Waals surface area contributed by atoms with Crippen LogP contribution in [0.15, 0.2) is 42.6 Å². The van der Waals surface area contributed by atoms with Gasteiger partial charge in [-0.15, -0.1) is 0 Å². The molecule has 26 heavy (non-hydrogen) atoms. The second kappa shape index (κ2) is 7.99. The zero-order valence-electron chi connectivity index (χ0n) is 16.2. The summed E-state index contributed by atoms with van der Waals surface area (Å²) >= 11 is 0. The lowest BCUT2D eigenvalue weighted by molar-refractivity contribution is 0.0635. The number of hydrogen-bond donors (Lipinski definition) is 1. The molecule has 0 bridgehead atoms. The standard InChI is InChI=1S/C18H20N4O2.C2H6/c1-12-11-19-22-15(21-17(23)24-18(2,3)4)10-14(20-16(12)22)13-8-6-5-7-9-13;1-2/h5-11H,1-4H3,(H,21,23);1-2H3. The monoisotopic (exact) mass is 354 g/mol. The van der Waals surface area contributed by atoms with Crippen LogP contribution in [0.2, 0.25) is 0 Å². The summed E-state index contributed by atoms with van der Waals surface area (Å²) in [6, 6.07) is 11.6. The van der Waals surface area contributed by atoms with E-state index in [1.54, 1.807) is 16.8 Å². The van der Waals surface area contributed by atoms with Crippen molar-refractivity contribution in [1.82, 2.24) is 14.6 Å². The third-order valence-electron chi connectivity index (χ3n) is 3.35. The average Bonchev–Trinajstić information content (AvgIpc) is 2.97. The molecule has 2 heterocycles. The number of nitrogens with one attached hydrogen (secondary N) is 1. The van der Waals surface area contributed by atoms with Crippen molar-refractivity contribution in [3.8, 4) is 11.3 Å². The van der Waals surface area contributed by atoms with Gasteiger partial charge in [0.15, 0.2) is 5.65 Å². The van der Waals surface area contributed by atoms with Gasteiger partial charge in [0.05, 0.1) is 11.9 Å². The van der Waals surface area contributed by atoms with E-state index in [9.17, 15) is 4.79 Å². The first-order valence-corrected chi connectivity index (χ1v) is 8.74. The van der Waals surface area contributed by atoms with Crippen LogP contribution in [0.3, 0.4) is 0 Å². The first-order valence-electron chi connectivity index (χ1n) is 8.74. The minimum Gasteiger partial charge on any atom is -0.444 e. The summed E-state index contributed by atoms with van der Waals surface area (Å²) in [5.41, 5.74) is 2.78. The van der Waals surface area contributed by atoms with E-state index in [1.807, 2.05) is 71.9 Å². The third-order valence-corrected chi connectivity index (χ3v) is 3.35. The molecule has 0 atom stereocenters. The molecule has 3 aromatic rings. The fraction of sp³-hybridized carbons (Fsp3) is 0.350. The van der Waals surface area contributed by atoms with Gasteiger partial charge in [0.25, 0.3) is 0 Å². The summed E-state index contributed by atoms with van der Waals surface area (Å²) in [5, 5.41) is 7.05. The normalized spacial score (nSPS) is 10.8. The van der Waals surface area contributed by atoms with Crippen LogP contribution in [0, 0.1) is 6.92 Å². The van der Waals surface area contributed by atoms with Crippen LogP contribution in [0.5, 0.6) is 0 Å². The van der Waals surface area contributed by atoms with E-state index in [1.165, 1.54) is 0 Å². The molecule has 6 nitrogen and oxygen atoms in total. The lowest BCUT2D eigenvalue weighted by Gasteiger charge is -2.20. The first-order chi connectivity index (χ1) is 12.3. The van der Waals surface area contributed by atoms with Crippen molar-refractivity contribution >= 4 is 17.6 Å². The number of nitrogens with zero attached hydrogens (tertiary/aromatic N) is 3. The van der Waals surface area contributed by atoms with Gasteiger partial charge in [0.2, 0.25) is 0 Å². The number of amides is 1. The fourth-order valence-electron chi connectivity index (χ4n) is 2.33. The lowest BCUT2D eigenvalue weighted by atomic mass is 10.1. The maximum atomic E-state index is 12.1. The van der Waals surface area contributed by atoms with Gasteiger partial charge in [-0.05, 0) is 27.7 Å². The number of benzene rings is 1. The van der Waals surface area contributed by atoms with Crippen LogP contribution in [0.1, 0.15) is 40.2 Å². The van der Waals surface area contributed by atoms with Crippen molar-refractivity contribution < 1.29 is 9.53 Å². The summed E-state index contributed by atoms with van der Waals surface area (Å²) in [6.45, 7) is 11.4. The number of rotatable bonds is 2. The van der Waals surface area contributed by atoms with E-state index in [2.05, 4.69) is 15.4 Å². The highest BCUT2D eigenvalue weighted by Crippen LogP contribution is 2.23. The Labute approximate surface area is 154 Å². The number of anilines is 1. The van der Waals surface area contributed by atoms with Crippen molar-refractivity contribution in [1.29, 1.82) is 0 Å². The second-order valence-corrected chi connectivity index (χ2v) is 6.58. The van der Waals surface area contributed by atoms with E-state index < -0.39 is 11.7 Å². The zero-order valence-corrected chi connectivity index (χ0v) is 16.2. The van der Waals surface area contributed by atoms with Gasteiger partial charge >= 0.3 is 6.09 Å².